The van der Waals surface area contributed by atoms with E-state index in [1.54, 1.807) is 0 Å². The molecule has 0 fully saturated rings. The van der Waals surface area contributed by atoms with Gasteiger partial charge in [0.15, 0.2) is 0 Å². The van der Waals surface area contributed by atoms with Gasteiger partial charge in [0.05, 0.1) is 11.6 Å². The van der Waals surface area contributed by atoms with Crippen LogP contribution in [0.1, 0.15) is 16.7 Å². The number of rotatable bonds is 1. The van der Waals surface area contributed by atoms with E-state index < -0.39 is 0 Å². The van der Waals surface area contributed by atoms with E-state index in [0.29, 0.717) is 5.56 Å². The predicted molar refractivity (Wildman–Crippen MR) is 66.1 cm³/mol. The molecule has 0 bridgehead atoms. The van der Waals surface area contributed by atoms with Crippen molar-refractivity contribution in [1.29, 1.82) is 5.26 Å². The maximum absolute atomic E-state index is 8.76. The molecule has 0 aliphatic carbocycles. The topological polar surface area (TPSA) is 23.8 Å². The Kier molecular flexibility index (Phi) is 2.74. The smallest absolute Gasteiger partial charge is 0.0991 e. The number of nitrogens with zero attached hydrogens (tertiary/aromatic N) is 1. The van der Waals surface area contributed by atoms with Crippen LogP contribution in [0.5, 0.6) is 0 Å². The molecule has 0 radical (unpaired) electrons. The van der Waals surface area contributed by atoms with Crippen molar-refractivity contribution in [3.63, 3.8) is 0 Å². The van der Waals surface area contributed by atoms with Crippen LogP contribution < -0.4 is 0 Å². The number of nitriles is 1. The van der Waals surface area contributed by atoms with Gasteiger partial charge in [0.2, 0.25) is 0 Å². The fourth-order valence-electron chi connectivity index (χ4n) is 1.98. The number of aryl methyl sites for hydroxylation is 2. The van der Waals surface area contributed by atoms with E-state index in [2.05, 4.69) is 38.1 Å². The summed E-state index contributed by atoms with van der Waals surface area (Å²) in [6, 6.07) is 16.2. The van der Waals surface area contributed by atoms with Gasteiger partial charge in [0.25, 0.3) is 0 Å². The van der Waals surface area contributed by atoms with Gasteiger partial charge in [-0.2, -0.15) is 5.26 Å². The van der Waals surface area contributed by atoms with Gasteiger partial charge >= 0.3 is 0 Å². The molecule has 0 saturated heterocycles. The summed E-state index contributed by atoms with van der Waals surface area (Å²) in [6.45, 7) is 4.22. The molecule has 0 aliphatic heterocycles. The summed E-state index contributed by atoms with van der Waals surface area (Å²) in [5.74, 6) is 0. The number of hydrogen-bond donors (Lipinski definition) is 0. The summed E-state index contributed by atoms with van der Waals surface area (Å²) < 4.78 is 0. The van der Waals surface area contributed by atoms with E-state index >= 15 is 0 Å². The summed E-state index contributed by atoms with van der Waals surface area (Å²) in [5.41, 5.74) is 5.69. The molecule has 2 rings (SSSR count). The van der Waals surface area contributed by atoms with Gasteiger partial charge in [-0.05, 0) is 48.2 Å². The molecule has 1 heteroatoms. The normalized spacial score (nSPS) is 9.81. The fraction of sp³-hybridized carbons (Fsp3) is 0.133. The van der Waals surface area contributed by atoms with Crippen LogP contribution in [0.2, 0.25) is 0 Å². The minimum absolute atomic E-state index is 0.704. The second-order valence-corrected chi connectivity index (χ2v) is 3.96. The first-order valence-corrected chi connectivity index (χ1v) is 5.29. The minimum Gasteiger partial charge on any atom is -0.192 e. The molecule has 0 heterocycles. The first-order chi connectivity index (χ1) is 7.72. The lowest BCUT2D eigenvalue weighted by molar-refractivity contribution is 1.37. The first kappa shape index (κ1) is 10.4. The Bertz CT molecular complexity index is 524. The SMILES string of the molecule is Cc1cccc(C)c1-c1ccc(C#N)cc1. The van der Waals surface area contributed by atoms with Crippen LogP contribution in [-0.4, -0.2) is 0 Å². The molecule has 0 amide bonds. The van der Waals surface area contributed by atoms with Gasteiger partial charge in [0.1, 0.15) is 0 Å². The van der Waals surface area contributed by atoms with Crippen molar-refractivity contribution < 1.29 is 0 Å². The third-order valence-electron chi connectivity index (χ3n) is 2.78. The van der Waals surface area contributed by atoms with Crippen molar-refractivity contribution >= 4 is 0 Å². The number of benzene rings is 2. The van der Waals surface area contributed by atoms with E-state index in [1.165, 1.54) is 22.3 Å². The molecule has 0 aliphatic rings. The van der Waals surface area contributed by atoms with Crippen LogP contribution in [0.15, 0.2) is 42.5 Å². The second kappa shape index (κ2) is 4.20. The van der Waals surface area contributed by atoms with Crippen molar-refractivity contribution in [3.8, 4) is 17.2 Å². The van der Waals surface area contributed by atoms with E-state index in [1.807, 2.05) is 24.3 Å². The van der Waals surface area contributed by atoms with Crippen molar-refractivity contribution in [2.75, 3.05) is 0 Å². The molecule has 2 aromatic carbocycles. The van der Waals surface area contributed by atoms with Crippen LogP contribution in [0.3, 0.4) is 0 Å². The largest absolute Gasteiger partial charge is 0.192 e. The zero-order valence-electron chi connectivity index (χ0n) is 9.49. The summed E-state index contributed by atoms with van der Waals surface area (Å²) >= 11 is 0. The lowest BCUT2D eigenvalue weighted by Gasteiger charge is -2.09. The second-order valence-electron chi connectivity index (χ2n) is 3.96. The molecule has 2 aromatic rings. The molecular formula is C15H13N. The van der Waals surface area contributed by atoms with Crippen molar-refractivity contribution in [1.82, 2.24) is 0 Å². The maximum Gasteiger partial charge on any atom is 0.0991 e. The Morgan fingerprint density at radius 1 is 0.875 bits per heavy atom. The molecule has 0 unspecified atom stereocenters. The Labute approximate surface area is 96.0 Å². The minimum atomic E-state index is 0.704. The quantitative estimate of drug-likeness (QED) is 0.697. The third kappa shape index (κ3) is 1.83. The van der Waals surface area contributed by atoms with Gasteiger partial charge in [0, 0.05) is 0 Å². The van der Waals surface area contributed by atoms with Gasteiger partial charge < -0.3 is 0 Å². The van der Waals surface area contributed by atoms with Gasteiger partial charge in [-0.3, -0.25) is 0 Å². The zero-order chi connectivity index (χ0) is 11.5. The Morgan fingerprint density at radius 2 is 1.44 bits per heavy atom. The summed E-state index contributed by atoms with van der Waals surface area (Å²) in [5, 5.41) is 8.76. The lowest BCUT2D eigenvalue weighted by atomic mass is 9.95. The van der Waals surface area contributed by atoms with Crippen LogP contribution in [0, 0.1) is 25.2 Å². The van der Waals surface area contributed by atoms with Crippen LogP contribution in [-0.2, 0) is 0 Å². The highest BCUT2D eigenvalue weighted by Gasteiger charge is 2.04. The summed E-state index contributed by atoms with van der Waals surface area (Å²) in [4.78, 5) is 0. The molecule has 0 N–H and O–H groups in total. The molecule has 1 nitrogen and oxygen atoms in total. The third-order valence-corrected chi connectivity index (χ3v) is 2.78. The van der Waals surface area contributed by atoms with Gasteiger partial charge in [-0.25, -0.2) is 0 Å². The fourth-order valence-corrected chi connectivity index (χ4v) is 1.98. The van der Waals surface area contributed by atoms with Crippen molar-refractivity contribution in [2.24, 2.45) is 0 Å². The highest BCUT2D eigenvalue weighted by molar-refractivity contribution is 5.71. The van der Waals surface area contributed by atoms with E-state index in [9.17, 15) is 0 Å². The molecule has 0 atom stereocenters. The predicted octanol–water partition coefficient (Wildman–Crippen LogP) is 3.84. The van der Waals surface area contributed by atoms with Crippen molar-refractivity contribution in [3.05, 3.63) is 59.2 Å². The molecule has 0 aromatic heterocycles. The highest BCUT2D eigenvalue weighted by Crippen LogP contribution is 2.26. The molecule has 78 valence electrons. The Morgan fingerprint density at radius 3 is 1.94 bits per heavy atom. The Balaban J connectivity index is 2.55. The lowest BCUT2D eigenvalue weighted by Crippen LogP contribution is -1.87. The molecule has 16 heavy (non-hydrogen) atoms. The molecular weight excluding hydrogens is 194 g/mol. The van der Waals surface area contributed by atoms with Crippen LogP contribution in [0.4, 0.5) is 0 Å². The Hall–Kier alpha value is -2.07. The average molecular weight is 207 g/mol. The number of hydrogen-bond acceptors (Lipinski definition) is 1. The standard InChI is InChI=1S/C15H13N/c1-11-4-3-5-12(2)15(11)14-8-6-13(10-16)7-9-14/h3-9H,1-2H3. The zero-order valence-corrected chi connectivity index (χ0v) is 9.49. The maximum atomic E-state index is 8.76. The van der Waals surface area contributed by atoms with E-state index in [4.69, 9.17) is 5.26 Å². The monoisotopic (exact) mass is 207 g/mol. The van der Waals surface area contributed by atoms with Crippen LogP contribution >= 0.6 is 0 Å². The van der Waals surface area contributed by atoms with Gasteiger partial charge in [-0.1, -0.05) is 30.3 Å². The van der Waals surface area contributed by atoms with Crippen LogP contribution in [0.25, 0.3) is 11.1 Å². The average Bonchev–Trinajstić information content (AvgIpc) is 2.30. The first-order valence-electron chi connectivity index (χ1n) is 5.29. The van der Waals surface area contributed by atoms with E-state index in [-0.39, 0.29) is 0 Å². The van der Waals surface area contributed by atoms with E-state index in [0.717, 1.165) is 0 Å². The summed E-state index contributed by atoms with van der Waals surface area (Å²) in [7, 11) is 0. The summed E-state index contributed by atoms with van der Waals surface area (Å²) in [6.07, 6.45) is 0. The molecule has 0 saturated carbocycles. The van der Waals surface area contributed by atoms with Crippen molar-refractivity contribution in [2.45, 2.75) is 13.8 Å². The molecule has 0 spiro atoms. The van der Waals surface area contributed by atoms with Gasteiger partial charge in [-0.15, -0.1) is 0 Å². The highest BCUT2D eigenvalue weighted by atomic mass is 14.2.